The first kappa shape index (κ1) is 16.4. The summed E-state index contributed by atoms with van der Waals surface area (Å²) in [5.41, 5.74) is 2.02. The zero-order valence-electron chi connectivity index (χ0n) is 14.0. The molecule has 2 saturated heterocycles. The van der Waals surface area contributed by atoms with Crippen LogP contribution < -0.4 is 5.32 Å². The van der Waals surface area contributed by atoms with E-state index in [0.29, 0.717) is 6.04 Å². The largest absolute Gasteiger partial charge is 0.379 e. The first-order valence-corrected chi connectivity index (χ1v) is 8.62. The van der Waals surface area contributed by atoms with Gasteiger partial charge in [-0.15, -0.1) is 0 Å². The minimum absolute atomic E-state index is 0.161. The first-order valence-electron chi connectivity index (χ1n) is 8.62. The molecule has 1 aromatic rings. The molecule has 23 heavy (non-hydrogen) atoms. The standard InChI is InChI=1S/C18H27N3O2/c1-19-17-6-3-7-21(14-17)18(22)16-5-2-4-15(12-16)13-20-8-10-23-11-9-20/h2,4-5,12,17,19H,3,6-11,13-14H2,1H3. The molecule has 1 atom stereocenters. The van der Waals surface area contributed by atoms with Crippen LogP contribution in [-0.4, -0.2) is 68.2 Å². The van der Waals surface area contributed by atoms with Crippen molar-refractivity contribution in [2.24, 2.45) is 0 Å². The molecule has 5 nitrogen and oxygen atoms in total. The van der Waals surface area contributed by atoms with Crippen molar-refractivity contribution in [3.05, 3.63) is 35.4 Å². The number of amides is 1. The maximum absolute atomic E-state index is 12.8. The average molecular weight is 317 g/mol. The van der Waals surface area contributed by atoms with Gasteiger partial charge in [-0.05, 0) is 37.6 Å². The molecular weight excluding hydrogens is 290 g/mol. The molecule has 126 valence electrons. The van der Waals surface area contributed by atoms with E-state index in [1.807, 2.05) is 24.1 Å². The van der Waals surface area contributed by atoms with E-state index in [9.17, 15) is 4.79 Å². The van der Waals surface area contributed by atoms with Crippen LogP contribution in [0.3, 0.4) is 0 Å². The van der Waals surface area contributed by atoms with Gasteiger partial charge in [0.2, 0.25) is 0 Å². The second kappa shape index (κ2) is 7.90. The van der Waals surface area contributed by atoms with Crippen LogP contribution in [0.25, 0.3) is 0 Å². The van der Waals surface area contributed by atoms with E-state index >= 15 is 0 Å². The molecule has 1 amide bonds. The van der Waals surface area contributed by atoms with Crippen LogP contribution in [0.15, 0.2) is 24.3 Å². The number of carbonyl (C=O) groups excluding carboxylic acids is 1. The van der Waals surface area contributed by atoms with Crippen molar-refractivity contribution in [3.63, 3.8) is 0 Å². The molecule has 2 aliphatic heterocycles. The van der Waals surface area contributed by atoms with Crippen LogP contribution in [0.2, 0.25) is 0 Å². The number of ether oxygens (including phenoxy) is 1. The minimum atomic E-state index is 0.161. The molecule has 0 spiro atoms. The fraction of sp³-hybridized carbons (Fsp3) is 0.611. The van der Waals surface area contributed by atoms with Gasteiger partial charge in [-0.2, -0.15) is 0 Å². The van der Waals surface area contributed by atoms with Crippen molar-refractivity contribution in [2.45, 2.75) is 25.4 Å². The number of hydrogen-bond donors (Lipinski definition) is 1. The molecule has 2 heterocycles. The Morgan fingerprint density at radius 2 is 2.13 bits per heavy atom. The van der Waals surface area contributed by atoms with Gasteiger partial charge in [0.05, 0.1) is 13.2 Å². The quantitative estimate of drug-likeness (QED) is 0.910. The number of hydrogen-bond acceptors (Lipinski definition) is 4. The van der Waals surface area contributed by atoms with Crippen LogP contribution in [0.1, 0.15) is 28.8 Å². The molecular formula is C18H27N3O2. The summed E-state index contributed by atoms with van der Waals surface area (Å²) in [4.78, 5) is 17.1. The monoisotopic (exact) mass is 317 g/mol. The number of morpholine rings is 1. The zero-order valence-corrected chi connectivity index (χ0v) is 14.0. The average Bonchev–Trinajstić information content (AvgIpc) is 2.62. The van der Waals surface area contributed by atoms with Crippen LogP contribution in [-0.2, 0) is 11.3 Å². The normalized spacial score (nSPS) is 23.0. The van der Waals surface area contributed by atoms with Gasteiger partial charge >= 0.3 is 0 Å². The highest BCUT2D eigenvalue weighted by atomic mass is 16.5. The number of nitrogens with one attached hydrogen (secondary N) is 1. The summed E-state index contributed by atoms with van der Waals surface area (Å²) in [6.45, 7) is 6.11. The second-order valence-electron chi connectivity index (χ2n) is 6.47. The summed E-state index contributed by atoms with van der Waals surface area (Å²) in [7, 11) is 1.97. The van der Waals surface area contributed by atoms with Crippen LogP contribution in [0, 0.1) is 0 Å². The minimum Gasteiger partial charge on any atom is -0.379 e. The highest BCUT2D eigenvalue weighted by molar-refractivity contribution is 5.94. The lowest BCUT2D eigenvalue weighted by atomic mass is 10.0. The highest BCUT2D eigenvalue weighted by Gasteiger charge is 2.23. The molecule has 1 unspecified atom stereocenters. The summed E-state index contributed by atoms with van der Waals surface area (Å²) in [5.74, 6) is 0.161. The van der Waals surface area contributed by atoms with Crippen LogP contribution >= 0.6 is 0 Å². The molecule has 1 N–H and O–H groups in total. The molecule has 3 rings (SSSR count). The van der Waals surface area contributed by atoms with Gasteiger partial charge in [0, 0.05) is 44.3 Å². The molecule has 0 aromatic heterocycles. The summed E-state index contributed by atoms with van der Waals surface area (Å²) in [6, 6.07) is 8.53. The summed E-state index contributed by atoms with van der Waals surface area (Å²) in [6.07, 6.45) is 2.22. The second-order valence-corrected chi connectivity index (χ2v) is 6.47. The van der Waals surface area contributed by atoms with Gasteiger partial charge in [0.15, 0.2) is 0 Å². The predicted octanol–water partition coefficient (Wildman–Crippen LogP) is 1.34. The maximum Gasteiger partial charge on any atom is 0.253 e. The zero-order chi connectivity index (χ0) is 16.1. The third-order valence-electron chi connectivity index (χ3n) is 4.80. The fourth-order valence-corrected chi connectivity index (χ4v) is 3.40. The Balaban J connectivity index is 1.65. The fourth-order valence-electron chi connectivity index (χ4n) is 3.40. The van der Waals surface area contributed by atoms with Crippen molar-refractivity contribution in [2.75, 3.05) is 46.4 Å². The van der Waals surface area contributed by atoms with E-state index < -0.39 is 0 Å². The van der Waals surface area contributed by atoms with Crippen molar-refractivity contribution in [3.8, 4) is 0 Å². The Morgan fingerprint density at radius 3 is 2.91 bits per heavy atom. The molecule has 5 heteroatoms. The number of rotatable bonds is 4. The van der Waals surface area contributed by atoms with Crippen molar-refractivity contribution < 1.29 is 9.53 Å². The maximum atomic E-state index is 12.8. The Bertz CT molecular complexity index is 529. The molecule has 2 fully saturated rings. The van der Waals surface area contributed by atoms with Gasteiger partial charge < -0.3 is 15.0 Å². The number of nitrogens with zero attached hydrogens (tertiary/aromatic N) is 2. The number of likely N-dealkylation sites (tertiary alicyclic amines) is 1. The third kappa shape index (κ3) is 4.31. The van der Waals surface area contributed by atoms with E-state index in [0.717, 1.165) is 64.3 Å². The molecule has 0 saturated carbocycles. The Morgan fingerprint density at radius 1 is 1.30 bits per heavy atom. The van der Waals surface area contributed by atoms with Crippen LogP contribution in [0.5, 0.6) is 0 Å². The number of likely N-dealkylation sites (N-methyl/N-ethyl adjacent to an activating group) is 1. The van der Waals surface area contributed by atoms with Gasteiger partial charge in [-0.3, -0.25) is 9.69 Å². The number of piperidine rings is 1. The lowest BCUT2D eigenvalue weighted by molar-refractivity contribution is 0.0341. The van der Waals surface area contributed by atoms with E-state index in [4.69, 9.17) is 4.74 Å². The lowest BCUT2D eigenvalue weighted by Crippen LogP contribution is -2.47. The topological polar surface area (TPSA) is 44.8 Å². The van der Waals surface area contributed by atoms with Gasteiger partial charge in [-0.25, -0.2) is 0 Å². The van der Waals surface area contributed by atoms with Gasteiger partial charge in [0.25, 0.3) is 5.91 Å². The van der Waals surface area contributed by atoms with Gasteiger partial charge in [-0.1, -0.05) is 12.1 Å². The Kier molecular flexibility index (Phi) is 5.65. The first-order chi connectivity index (χ1) is 11.3. The Hall–Kier alpha value is -1.43. The van der Waals surface area contributed by atoms with E-state index in [1.165, 1.54) is 5.56 Å². The summed E-state index contributed by atoms with van der Waals surface area (Å²) >= 11 is 0. The number of carbonyl (C=O) groups is 1. The Labute approximate surface area is 138 Å². The van der Waals surface area contributed by atoms with Crippen LogP contribution in [0.4, 0.5) is 0 Å². The van der Waals surface area contributed by atoms with Crippen molar-refractivity contribution >= 4 is 5.91 Å². The summed E-state index contributed by atoms with van der Waals surface area (Å²) in [5, 5.41) is 3.29. The SMILES string of the molecule is CNC1CCCN(C(=O)c2cccc(CN3CCOCC3)c2)C1. The highest BCUT2D eigenvalue weighted by Crippen LogP contribution is 2.16. The van der Waals surface area contributed by atoms with Gasteiger partial charge in [0.1, 0.15) is 0 Å². The van der Waals surface area contributed by atoms with Crippen molar-refractivity contribution in [1.82, 2.24) is 15.1 Å². The predicted molar refractivity (Wildman–Crippen MR) is 90.5 cm³/mol. The molecule has 2 aliphatic rings. The van der Waals surface area contributed by atoms with E-state index in [1.54, 1.807) is 0 Å². The molecule has 0 radical (unpaired) electrons. The molecule has 0 bridgehead atoms. The molecule has 1 aromatic carbocycles. The molecule has 0 aliphatic carbocycles. The van der Waals surface area contributed by atoms with Crippen molar-refractivity contribution in [1.29, 1.82) is 0 Å². The van der Waals surface area contributed by atoms with E-state index in [-0.39, 0.29) is 5.91 Å². The summed E-state index contributed by atoms with van der Waals surface area (Å²) < 4.78 is 5.39. The number of benzene rings is 1. The van der Waals surface area contributed by atoms with E-state index in [2.05, 4.69) is 22.3 Å². The third-order valence-corrected chi connectivity index (χ3v) is 4.80. The smallest absolute Gasteiger partial charge is 0.253 e. The lowest BCUT2D eigenvalue weighted by Gasteiger charge is -2.32.